The first-order valence-corrected chi connectivity index (χ1v) is 6.73. The van der Waals surface area contributed by atoms with Crippen molar-refractivity contribution in [3.05, 3.63) is 39.4 Å². The Morgan fingerprint density at radius 1 is 1.38 bits per heavy atom. The fourth-order valence-electron chi connectivity index (χ4n) is 2.05. The van der Waals surface area contributed by atoms with Gasteiger partial charge in [0.05, 0.1) is 4.92 Å². The van der Waals surface area contributed by atoms with Crippen LogP contribution in [0.15, 0.2) is 18.2 Å². The Balaban J connectivity index is 2.48. The first kappa shape index (κ1) is 17.4. The van der Waals surface area contributed by atoms with Gasteiger partial charge in [-0.1, -0.05) is 12.1 Å². The van der Waals surface area contributed by atoms with E-state index in [0.29, 0.717) is 18.5 Å². The van der Waals surface area contributed by atoms with E-state index in [1.807, 2.05) is 6.92 Å². The number of hydrogen-bond acceptors (Lipinski definition) is 3. The molecule has 21 heavy (non-hydrogen) atoms. The summed E-state index contributed by atoms with van der Waals surface area (Å²) in [4.78, 5) is 10.4. The molecule has 0 spiro atoms. The summed E-state index contributed by atoms with van der Waals surface area (Å²) in [5.41, 5.74) is 1.42. The number of nitro groups is 1. The van der Waals surface area contributed by atoms with Gasteiger partial charge in [0.2, 0.25) is 0 Å². The lowest BCUT2D eigenvalue weighted by molar-refractivity contribution is -0.385. The van der Waals surface area contributed by atoms with Gasteiger partial charge in [-0.2, -0.15) is 13.2 Å². The molecule has 1 aromatic rings. The van der Waals surface area contributed by atoms with Crippen molar-refractivity contribution in [2.24, 2.45) is 0 Å². The van der Waals surface area contributed by atoms with Crippen molar-refractivity contribution in [2.75, 3.05) is 0 Å². The van der Waals surface area contributed by atoms with Crippen LogP contribution >= 0.6 is 0 Å². The summed E-state index contributed by atoms with van der Waals surface area (Å²) >= 11 is 0. The van der Waals surface area contributed by atoms with E-state index in [2.05, 4.69) is 5.32 Å². The quantitative estimate of drug-likeness (QED) is 0.609. The smallest absolute Gasteiger partial charge is 0.310 e. The minimum absolute atomic E-state index is 0.0547. The summed E-state index contributed by atoms with van der Waals surface area (Å²) in [5.74, 6) is 0. The Morgan fingerprint density at radius 3 is 2.62 bits per heavy atom. The normalized spacial score (nSPS) is 13.2. The van der Waals surface area contributed by atoms with Crippen LogP contribution in [0.3, 0.4) is 0 Å². The minimum Gasteiger partial charge on any atom is -0.310 e. The number of alkyl halides is 3. The molecule has 0 aromatic heterocycles. The highest BCUT2D eigenvalue weighted by Crippen LogP contribution is 2.23. The first-order valence-electron chi connectivity index (χ1n) is 6.73. The van der Waals surface area contributed by atoms with Crippen LogP contribution in [0.5, 0.6) is 0 Å². The number of rotatable bonds is 7. The van der Waals surface area contributed by atoms with Crippen LogP contribution in [0.4, 0.5) is 18.9 Å². The SMILES string of the molecule is Cc1c(CNC(C)CCCC(F)(F)F)cccc1[N+](=O)[O-]. The topological polar surface area (TPSA) is 55.2 Å². The van der Waals surface area contributed by atoms with Crippen LogP contribution in [0, 0.1) is 17.0 Å². The fraction of sp³-hybridized carbons (Fsp3) is 0.571. The summed E-state index contributed by atoms with van der Waals surface area (Å²) in [6, 6.07) is 4.74. The van der Waals surface area contributed by atoms with E-state index >= 15 is 0 Å². The second-order valence-corrected chi connectivity index (χ2v) is 5.11. The molecule has 0 bridgehead atoms. The highest BCUT2D eigenvalue weighted by atomic mass is 19.4. The molecule has 0 saturated carbocycles. The van der Waals surface area contributed by atoms with Gasteiger partial charge in [-0.05, 0) is 32.3 Å². The third-order valence-electron chi connectivity index (χ3n) is 3.35. The molecule has 1 unspecified atom stereocenters. The molecular formula is C14H19F3N2O2. The lowest BCUT2D eigenvalue weighted by atomic mass is 10.1. The number of hydrogen-bond donors (Lipinski definition) is 1. The van der Waals surface area contributed by atoms with E-state index in [4.69, 9.17) is 0 Å². The molecule has 0 heterocycles. The molecule has 1 rings (SSSR count). The molecule has 1 N–H and O–H groups in total. The van der Waals surface area contributed by atoms with Crippen molar-refractivity contribution in [1.29, 1.82) is 0 Å². The largest absolute Gasteiger partial charge is 0.389 e. The molecule has 0 amide bonds. The number of nitrogens with zero attached hydrogens (tertiary/aromatic N) is 1. The summed E-state index contributed by atoms with van der Waals surface area (Å²) in [7, 11) is 0. The van der Waals surface area contributed by atoms with Crippen LogP contribution < -0.4 is 5.32 Å². The van der Waals surface area contributed by atoms with Crippen molar-refractivity contribution in [3.63, 3.8) is 0 Å². The molecule has 0 aliphatic heterocycles. The Bertz CT molecular complexity index is 490. The van der Waals surface area contributed by atoms with Gasteiger partial charge in [0.1, 0.15) is 0 Å². The van der Waals surface area contributed by atoms with Crippen molar-refractivity contribution >= 4 is 5.69 Å². The molecule has 118 valence electrons. The average molecular weight is 304 g/mol. The molecule has 7 heteroatoms. The molecule has 0 aliphatic carbocycles. The summed E-state index contributed by atoms with van der Waals surface area (Å²) < 4.78 is 36.1. The summed E-state index contributed by atoms with van der Waals surface area (Å²) in [5, 5.41) is 13.9. The van der Waals surface area contributed by atoms with Gasteiger partial charge >= 0.3 is 6.18 Å². The summed E-state index contributed by atoms with van der Waals surface area (Å²) in [6.45, 7) is 3.88. The van der Waals surface area contributed by atoms with Crippen molar-refractivity contribution in [1.82, 2.24) is 5.32 Å². The Hall–Kier alpha value is -1.63. The van der Waals surface area contributed by atoms with E-state index < -0.39 is 17.5 Å². The van der Waals surface area contributed by atoms with Gasteiger partial charge < -0.3 is 5.32 Å². The zero-order chi connectivity index (χ0) is 16.0. The van der Waals surface area contributed by atoms with Gasteiger partial charge in [0.25, 0.3) is 5.69 Å². The fourth-order valence-corrected chi connectivity index (χ4v) is 2.05. The highest BCUT2D eigenvalue weighted by molar-refractivity contribution is 5.44. The molecule has 0 aliphatic rings. The predicted octanol–water partition coefficient (Wildman–Crippen LogP) is 4.11. The Kier molecular flexibility index (Phi) is 6.14. The second-order valence-electron chi connectivity index (χ2n) is 5.11. The number of benzene rings is 1. The van der Waals surface area contributed by atoms with Gasteiger partial charge in [-0.25, -0.2) is 0 Å². The first-order chi connectivity index (χ1) is 9.70. The minimum atomic E-state index is -4.11. The monoisotopic (exact) mass is 304 g/mol. The Morgan fingerprint density at radius 2 is 2.05 bits per heavy atom. The van der Waals surface area contributed by atoms with Crippen LogP contribution in [0.2, 0.25) is 0 Å². The Labute approximate surface area is 121 Å². The van der Waals surface area contributed by atoms with E-state index in [1.165, 1.54) is 6.07 Å². The van der Waals surface area contributed by atoms with E-state index in [0.717, 1.165) is 5.56 Å². The van der Waals surface area contributed by atoms with E-state index in [1.54, 1.807) is 19.1 Å². The van der Waals surface area contributed by atoms with Crippen LogP contribution in [0.1, 0.15) is 37.3 Å². The molecule has 0 fully saturated rings. The molecule has 0 radical (unpaired) electrons. The maximum atomic E-state index is 12.0. The highest BCUT2D eigenvalue weighted by Gasteiger charge is 2.26. The number of nitro benzene ring substituents is 1. The molecule has 0 saturated heterocycles. The zero-order valence-corrected chi connectivity index (χ0v) is 12.0. The van der Waals surface area contributed by atoms with Gasteiger partial charge in [-0.3, -0.25) is 10.1 Å². The van der Waals surface area contributed by atoms with E-state index in [-0.39, 0.29) is 18.2 Å². The molecule has 1 aromatic carbocycles. The predicted molar refractivity (Wildman–Crippen MR) is 74.0 cm³/mol. The van der Waals surface area contributed by atoms with Gasteiger partial charge in [0, 0.05) is 30.6 Å². The maximum absolute atomic E-state index is 12.0. The zero-order valence-electron chi connectivity index (χ0n) is 12.0. The third-order valence-corrected chi connectivity index (χ3v) is 3.35. The van der Waals surface area contributed by atoms with Crippen molar-refractivity contribution < 1.29 is 18.1 Å². The average Bonchev–Trinajstić information content (AvgIpc) is 2.35. The molecule has 4 nitrogen and oxygen atoms in total. The lowest BCUT2D eigenvalue weighted by Gasteiger charge is -2.15. The van der Waals surface area contributed by atoms with Gasteiger partial charge in [-0.15, -0.1) is 0 Å². The third kappa shape index (κ3) is 6.12. The molecule has 1 atom stereocenters. The van der Waals surface area contributed by atoms with Crippen LogP contribution in [0.25, 0.3) is 0 Å². The molecular weight excluding hydrogens is 285 g/mol. The second kappa shape index (κ2) is 7.40. The lowest BCUT2D eigenvalue weighted by Crippen LogP contribution is -2.26. The maximum Gasteiger partial charge on any atom is 0.389 e. The van der Waals surface area contributed by atoms with Crippen LogP contribution in [-0.4, -0.2) is 17.1 Å². The number of halogens is 3. The van der Waals surface area contributed by atoms with Crippen LogP contribution in [-0.2, 0) is 6.54 Å². The van der Waals surface area contributed by atoms with Crippen molar-refractivity contribution in [3.8, 4) is 0 Å². The standard InChI is InChI=1S/C14H19F3N2O2/c1-10(5-4-8-14(15,16)17)18-9-12-6-3-7-13(11(12)2)19(20)21/h3,6-7,10,18H,4-5,8-9H2,1-2H3. The number of nitrogens with one attached hydrogen (secondary N) is 1. The van der Waals surface area contributed by atoms with Crippen molar-refractivity contribution in [2.45, 2.75) is 51.9 Å². The summed E-state index contributed by atoms with van der Waals surface area (Å²) in [6.07, 6.45) is -4.41. The van der Waals surface area contributed by atoms with E-state index in [9.17, 15) is 23.3 Å². The van der Waals surface area contributed by atoms with Gasteiger partial charge in [0.15, 0.2) is 0 Å².